The van der Waals surface area contributed by atoms with E-state index >= 15 is 0 Å². The maximum absolute atomic E-state index is 5.88. The van der Waals surface area contributed by atoms with Gasteiger partial charge in [0.05, 0.1) is 0 Å². The molecule has 1 aromatic rings. The lowest BCUT2D eigenvalue weighted by molar-refractivity contribution is 0.238. The van der Waals surface area contributed by atoms with Gasteiger partial charge in [-0.25, -0.2) is 0 Å². The van der Waals surface area contributed by atoms with Crippen molar-refractivity contribution >= 4 is 5.69 Å². The van der Waals surface area contributed by atoms with E-state index in [0.717, 1.165) is 25.9 Å². The summed E-state index contributed by atoms with van der Waals surface area (Å²) < 4.78 is 0. The Hall–Kier alpha value is -1.06. The summed E-state index contributed by atoms with van der Waals surface area (Å²) in [6.07, 6.45) is 2.21. The Bertz CT molecular complexity index is 380. The van der Waals surface area contributed by atoms with Gasteiger partial charge in [-0.2, -0.15) is 0 Å². The Morgan fingerprint density at radius 2 is 1.50 bits per heavy atom. The van der Waals surface area contributed by atoms with Crippen LogP contribution in [0.5, 0.6) is 0 Å². The van der Waals surface area contributed by atoms with Crippen molar-refractivity contribution < 1.29 is 0 Å². The van der Waals surface area contributed by atoms with Crippen molar-refractivity contribution in [1.29, 1.82) is 0 Å². The quantitative estimate of drug-likeness (QED) is 0.856. The summed E-state index contributed by atoms with van der Waals surface area (Å²) in [7, 11) is 0. The summed E-state index contributed by atoms with van der Waals surface area (Å²) in [5, 5.41) is 0. The Kier molecular flexibility index (Phi) is 3.93. The van der Waals surface area contributed by atoms with Gasteiger partial charge in [-0.05, 0) is 68.5 Å². The third kappa shape index (κ3) is 2.68. The minimum Gasteiger partial charge on any atom is -0.371 e. The maximum Gasteiger partial charge on any atom is 0.0371 e. The Morgan fingerprint density at radius 1 is 1.00 bits per heavy atom. The third-order valence-corrected chi connectivity index (χ3v) is 4.26. The highest BCUT2D eigenvalue weighted by Crippen LogP contribution is 2.32. The number of hydrogen-bond acceptors (Lipinski definition) is 3. The molecular formula is C15H25N3. The molecule has 1 saturated heterocycles. The van der Waals surface area contributed by atoms with Crippen molar-refractivity contribution in [1.82, 2.24) is 0 Å². The largest absolute Gasteiger partial charge is 0.371 e. The van der Waals surface area contributed by atoms with Gasteiger partial charge in [0, 0.05) is 18.8 Å². The van der Waals surface area contributed by atoms with Crippen LogP contribution in [0, 0.1) is 19.3 Å². The molecule has 0 radical (unpaired) electrons. The molecule has 3 heteroatoms. The molecule has 0 atom stereocenters. The summed E-state index contributed by atoms with van der Waals surface area (Å²) in [6, 6.07) is 6.76. The molecular weight excluding hydrogens is 222 g/mol. The van der Waals surface area contributed by atoms with Crippen molar-refractivity contribution in [3.63, 3.8) is 0 Å². The van der Waals surface area contributed by atoms with Gasteiger partial charge in [-0.3, -0.25) is 0 Å². The van der Waals surface area contributed by atoms with Crippen molar-refractivity contribution in [2.24, 2.45) is 16.9 Å². The summed E-state index contributed by atoms with van der Waals surface area (Å²) in [4.78, 5) is 2.46. The number of rotatable bonds is 3. The predicted molar refractivity (Wildman–Crippen MR) is 77.9 cm³/mol. The van der Waals surface area contributed by atoms with Crippen LogP contribution in [0.2, 0.25) is 0 Å². The molecule has 0 saturated carbocycles. The lowest BCUT2D eigenvalue weighted by Crippen LogP contribution is -2.47. The predicted octanol–water partition coefficient (Wildman–Crippen LogP) is 1.81. The zero-order valence-corrected chi connectivity index (χ0v) is 11.6. The summed E-state index contributed by atoms with van der Waals surface area (Å²) in [6.45, 7) is 7.87. The average molecular weight is 247 g/mol. The van der Waals surface area contributed by atoms with Crippen LogP contribution in [0.15, 0.2) is 18.2 Å². The highest BCUT2D eigenvalue weighted by Gasteiger charge is 2.32. The van der Waals surface area contributed by atoms with Gasteiger partial charge in [0.15, 0.2) is 0 Å². The molecule has 3 nitrogen and oxygen atoms in total. The van der Waals surface area contributed by atoms with Gasteiger partial charge < -0.3 is 16.4 Å². The van der Waals surface area contributed by atoms with Crippen LogP contribution in [0.3, 0.4) is 0 Å². The van der Waals surface area contributed by atoms with Crippen molar-refractivity contribution in [2.45, 2.75) is 26.7 Å². The topological polar surface area (TPSA) is 55.3 Å². The van der Waals surface area contributed by atoms with Gasteiger partial charge in [0.25, 0.3) is 0 Å². The number of anilines is 1. The molecule has 0 unspecified atom stereocenters. The number of nitrogens with zero attached hydrogens (tertiary/aromatic N) is 1. The van der Waals surface area contributed by atoms with E-state index < -0.39 is 0 Å². The van der Waals surface area contributed by atoms with E-state index in [1.165, 1.54) is 16.8 Å². The SMILES string of the molecule is Cc1cc(C)cc(N2CCC(CN)(CN)CC2)c1. The number of nitrogens with two attached hydrogens (primary N) is 2. The first-order chi connectivity index (χ1) is 8.58. The molecule has 0 spiro atoms. The zero-order chi connectivity index (χ0) is 13.2. The summed E-state index contributed by atoms with van der Waals surface area (Å²) >= 11 is 0. The Morgan fingerprint density at radius 3 is 1.94 bits per heavy atom. The van der Waals surface area contributed by atoms with E-state index in [4.69, 9.17) is 11.5 Å². The van der Waals surface area contributed by atoms with Crippen LogP contribution in [-0.2, 0) is 0 Å². The van der Waals surface area contributed by atoms with Crippen LogP contribution in [0.1, 0.15) is 24.0 Å². The molecule has 0 amide bonds. The van der Waals surface area contributed by atoms with E-state index in [2.05, 4.69) is 36.9 Å². The minimum absolute atomic E-state index is 0.176. The number of hydrogen-bond donors (Lipinski definition) is 2. The van der Waals surface area contributed by atoms with Gasteiger partial charge in [-0.1, -0.05) is 6.07 Å². The molecule has 0 bridgehead atoms. The molecule has 1 aromatic carbocycles. The first kappa shape index (κ1) is 13.4. The molecule has 1 aliphatic rings. The second-order valence-corrected chi connectivity index (χ2v) is 5.74. The highest BCUT2D eigenvalue weighted by atomic mass is 15.1. The van der Waals surface area contributed by atoms with Crippen molar-refractivity contribution in [2.75, 3.05) is 31.1 Å². The van der Waals surface area contributed by atoms with Crippen LogP contribution in [0.25, 0.3) is 0 Å². The molecule has 1 heterocycles. The minimum atomic E-state index is 0.176. The van der Waals surface area contributed by atoms with E-state index in [0.29, 0.717) is 13.1 Å². The smallest absolute Gasteiger partial charge is 0.0371 e. The van der Waals surface area contributed by atoms with Gasteiger partial charge in [-0.15, -0.1) is 0 Å². The lowest BCUT2D eigenvalue weighted by atomic mass is 9.78. The second-order valence-electron chi connectivity index (χ2n) is 5.74. The van der Waals surface area contributed by atoms with Crippen LogP contribution < -0.4 is 16.4 Å². The van der Waals surface area contributed by atoms with Crippen molar-refractivity contribution in [3.05, 3.63) is 29.3 Å². The molecule has 2 rings (SSSR count). The van der Waals surface area contributed by atoms with E-state index in [1.54, 1.807) is 0 Å². The van der Waals surface area contributed by atoms with Gasteiger partial charge in [0.1, 0.15) is 0 Å². The molecule has 1 fully saturated rings. The molecule has 18 heavy (non-hydrogen) atoms. The number of aryl methyl sites for hydroxylation is 2. The average Bonchev–Trinajstić information content (AvgIpc) is 2.38. The fourth-order valence-corrected chi connectivity index (χ4v) is 2.86. The fourth-order valence-electron chi connectivity index (χ4n) is 2.86. The second kappa shape index (κ2) is 5.29. The first-order valence-electron chi connectivity index (χ1n) is 6.82. The van der Waals surface area contributed by atoms with Gasteiger partial charge >= 0.3 is 0 Å². The van der Waals surface area contributed by atoms with E-state index in [1.807, 2.05) is 0 Å². The lowest BCUT2D eigenvalue weighted by Gasteiger charge is -2.41. The van der Waals surface area contributed by atoms with Crippen LogP contribution in [0.4, 0.5) is 5.69 Å². The van der Waals surface area contributed by atoms with E-state index in [-0.39, 0.29) is 5.41 Å². The van der Waals surface area contributed by atoms with Gasteiger partial charge in [0.2, 0.25) is 0 Å². The van der Waals surface area contributed by atoms with Crippen LogP contribution in [-0.4, -0.2) is 26.2 Å². The zero-order valence-electron chi connectivity index (χ0n) is 11.6. The highest BCUT2D eigenvalue weighted by molar-refractivity contribution is 5.51. The Balaban J connectivity index is 2.09. The number of benzene rings is 1. The summed E-state index contributed by atoms with van der Waals surface area (Å²) in [5.41, 5.74) is 15.9. The standard InChI is InChI=1S/C15H25N3/c1-12-7-13(2)9-14(8-12)18-5-3-15(10-16,11-17)4-6-18/h7-9H,3-6,10-11,16-17H2,1-2H3. The number of piperidine rings is 1. The molecule has 100 valence electrons. The fraction of sp³-hybridized carbons (Fsp3) is 0.600. The molecule has 4 N–H and O–H groups in total. The Labute approximate surface area is 110 Å². The van der Waals surface area contributed by atoms with E-state index in [9.17, 15) is 0 Å². The molecule has 1 aliphatic heterocycles. The first-order valence-corrected chi connectivity index (χ1v) is 6.82. The summed E-state index contributed by atoms with van der Waals surface area (Å²) in [5.74, 6) is 0. The maximum atomic E-state index is 5.88. The third-order valence-electron chi connectivity index (χ3n) is 4.26. The molecule has 0 aliphatic carbocycles. The normalized spacial score (nSPS) is 19.0. The molecule has 0 aromatic heterocycles. The van der Waals surface area contributed by atoms with Crippen molar-refractivity contribution in [3.8, 4) is 0 Å². The monoisotopic (exact) mass is 247 g/mol. The van der Waals surface area contributed by atoms with Crippen LogP contribution >= 0.6 is 0 Å².